The van der Waals surface area contributed by atoms with Gasteiger partial charge < -0.3 is 4.98 Å². The van der Waals surface area contributed by atoms with Crippen molar-refractivity contribution in [1.82, 2.24) is 4.98 Å². The summed E-state index contributed by atoms with van der Waals surface area (Å²) in [6.45, 7) is 0. The summed E-state index contributed by atoms with van der Waals surface area (Å²) in [7, 11) is -2.91. The molecular weight excluding hydrogens is 243 g/mol. The molecule has 0 spiro atoms. The molecule has 16 heavy (non-hydrogen) atoms. The predicted molar refractivity (Wildman–Crippen MR) is 51.9 cm³/mol. The maximum Gasteiger partial charge on any atom is 0.416 e. The summed E-state index contributed by atoms with van der Waals surface area (Å²) >= 11 is 0. The van der Waals surface area contributed by atoms with Gasteiger partial charge >= 0.3 is 6.18 Å². The summed E-state index contributed by atoms with van der Waals surface area (Å²) in [5.74, 6) is 0. The molecule has 0 aliphatic carbocycles. The molecule has 1 aromatic heterocycles. The summed E-state index contributed by atoms with van der Waals surface area (Å²) in [6.07, 6.45) is -3.30. The van der Waals surface area contributed by atoms with E-state index in [4.69, 9.17) is 0 Å². The van der Waals surface area contributed by atoms with Gasteiger partial charge in [-0.25, -0.2) is 8.42 Å². The Hall–Kier alpha value is -1.50. The van der Waals surface area contributed by atoms with E-state index < -0.39 is 22.4 Å². The van der Waals surface area contributed by atoms with Crippen LogP contribution in [0.15, 0.2) is 29.3 Å². The third-order valence-electron chi connectivity index (χ3n) is 2.18. The smallest absolute Gasteiger partial charge is 0.360 e. The van der Waals surface area contributed by atoms with E-state index >= 15 is 0 Å². The highest BCUT2D eigenvalue weighted by Gasteiger charge is 2.30. The fourth-order valence-electron chi connectivity index (χ4n) is 1.43. The molecule has 0 bridgehead atoms. The van der Waals surface area contributed by atoms with Crippen LogP contribution < -0.4 is 0 Å². The lowest BCUT2D eigenvalue weighted by Gasteiger charge is -2.05. The molecule has 0 aliphatic rings. The van der Waals surface area contributed by atoms with Crippen LogP contribution in [0, 0.1) is 0 Å². The molecule has 0 amide bonds. The lowest BCUT2D eigenvalue weighted by atomic mass is 10.1. The van der Waals surface area contributed by atoms with E-state index in [1.807, 2.05) is 0 Å². The maximum atomic E-state index is 12.4. The van der Waals surface area contributed by atoms with Crippen molar-refractivity contribution in [2.45, 2.75) is 11.1 Å². The minimum absolute atomic E-state index is 0.0611. The fraction of sp³-hybridized carbons (Fsp3) is 0.111. The van der Waals surface area contributed by atoms with Gasteiger partial charge in [0.1, 0.15) is 0 Å². The van der Waals surface area contributed by atoms with Crippen molar-refractivity contribution in [1.29, 1.82) is 0 Å². The Morgan fingerprint density at radius 1 is 1.19 bits per heavy atom. The molecular formula is C9H6F3NO2S. The number of rotatable bonds is 1. The molecule has 2 rings (SSSR count). The Bertz CT molecular complexity index is 605. The van der Waals surface area contributed by atoms with Crippen LogP contribution in [0.3, 0.4) is 0 Å². The molecule has 1 N–H and O–H groups in total. The number of aromatic nitrogens is 1. The van der Waals surface area contributed by atoms with Crippen LogP contribution >= 0.6 is 0 Å². The molecule has 3 nitrogen and oxygen atoms in total. The van der Waals surface area contributed by atoms with Crippen molar-refractivity contribution < 1.29 is 21.6 Å². The number of benzene rings is 1. The van der Waals surface area contributed by atoms with E-state index in [9.17, 15) is 21.6 Å². The van der Waals surface area contributed by atoms with E-state index in [1.54, 1.807) is 0 Å². The Morgan fingerprint density at radius 3 is 2.44 bits per heavy atom. The molecule has 0 atom stereocenters. The highest BCUT2D eigenvalue weighted by atomic mass is 32.2. The topological polar surface area (TPSA) is 49.9 Å². The van der Waals surface area contributed by atoms with E-state index in [1.165, 1.54) is 12.3 Å². The first-order chi connectivity index (χ1) is 7.39. The van der Waals surface area contributed by atoms with E-state index in [-0.39, 0.29) is 10.3 Å². The number of alkyl halides is 3. The molecule has 0 radical (unpaired) electrons. The zero-order chi connectivity index (χ0) is 11.9. The molecule has 86 valence electrons. The van der Waals surface area contributed by atoms with Gasteiger partial charge in [0.05, 0.1) is 10.5 Å². The molecule has 7 heteroatoms. The van der Waals surface area contributed by atoms with Crippen LogP contribution in [0.4, 0.5) is 13.2 Å². The SMILES string of the molecule is O=[SH](=O)c1c[nH]c2ccc(C(F)(F)F)cc12. The number of fused-ring (bicyclic) bond motifs is 1. The van der Waals surface area contributed by atoms with Gasteiger partial charge in [-0.05, 0) is 18.2 Å². The van der Waals surface area contributed by atoms with Crippen molar-refractivity contribution >= 4 is 21.6 Å². The fourth-order valence-corrected chi connectivity index (χ4v) is 1.98. The zero-order valence-electron chi connectivity index (χ0n) is 7.71. The number of halogens is 3. The second-order valence-corrected chi connectivity index (χ2v) is 4.19. The van der Waals surface area contributed by atoms with Gasteiger partial charge in [-0.1, -0.05) is 0 Å². The average Bonchev–Trinajstić information content (AvgIpc) is 2.58. The minimum atomic E-state index is -4.47. The van der Waals surface area contributed by atoms with Crippen LogP contribution in [-0.2, 0) is 16.9 Å². The van der Waals surface area contributed by atoms with Gasteiger partial charge in [-0.3, -0.25) is 0 Å². The number of H-pyrrole nitrogens is 1. The molecule has 1 aromatic carbocycles. The monoisotopic (exact) mass is 249 g/mol. The third-order valence-corrected chi connectivity index (χ3v) is 2.95. The van der Waals surface area contributed by atoms with Crippen LogP contribution in [0.25, 0.3) is 10.9 Å². The Morgan fingerprint density at radius 2 is 1.88 bits per heavy atom. The van der Waals surface area contributed by atoms with Crippen LogP contribution in [0.1, 0.15) is 5.56 Å². The van der Waals surface area contributed by atoms with Gasteiger partial charge in [-0.2, -0.15) is 13.2 Å². The number of hydrogen-bond acceptors (Lipinski definition) is 2. The number of hydrogen-bond donors (Lipinski definition) is 2. The predicted octanol–water partition coefficient (Wildman–Crippen LogP) is 2.16. The molecule has 0 aliphatic heterocycles. The minimum Gasteiger partial charge on any atom is -0.360 e. The molecule has 0 saturated heterocycles. The molecule has 0 fully saturated rings. The van der Waals surface area contributed by atoms with Crippen molar-refractivity contribution in [3.63, 3.8) is 0 Å². The maximum absolute atomic E-state index is 12.4. The highest BCUT2D eigenvalue weighted by Crippen LogP contribution is 2.32. The third kappa shape index (κ3) is 1.78. The second-order valence-electron chi connectivity index (χ2n) is 3.19. The van der Waals surface area contributed by atoms with Gasteiger partial charge in [0.2, 0.25) is 0 Å². The standard InChI is InChI=1S/C9H6F3NO2S/c10-9(11,12)5-1-2-7-6(3-5)8(4-13-7)16(14)15/h1-4,13,16H. The van der Waals surface area contributed by atoms with Gasteiger partial charge in [0.25, 0.3) is 0 Å². The highest BCUT2D eigenvalue weighted by molar-refractivity contribution is 7.72. The molecule has 0 unspecified atom stereocenters. The zero-order valence-corrected chi connectivity index (χ0v) is 8.60. The number of aromatic amines is 1. The average molecular weight is 249 g/mol. The van der Waals surface area contributed by atoms with E-state index in [2.05, 4.69) is 4.98 Å². The Kier molecular flexibility index (Phi) is 2.42. The van der Waals surface area contributed by atoms with E-state index in [0.717, 1.165) is 12.1 Å². The first-order valence-corrected chi connectivity index (χ1v) is 5.40. The van der Waals surface area contributed by atoms with Crippen molar-refractivity contribution in [2.75, 3.05) is 0 Å². The quantitative estimate of drug-likeness (QED) is 0.761. The molecule has 2 aromatic rings. The number of thiol groups is 1. The van der Waals surface area contributed by atoms with Crippen molar-refractivity contribution in [3.8, 4) is 0 Å². The summed E-state index contributed by atoms with van der Waals surface area (Å²) in [5.41, 5.74) is -0.500. The van der Waals surface area contributed by atoms with Crippen molar-refractivity contribution in [2.24, 2.45) is 0 Å². The first-order valence-electron chi connectivity index (χ1n) is 4.22. The first kappa shape index (κ1) is 11.0. The summed E-state index contributed by atoms with van der Waals surface area (Å²) in [5, 5.41) is 0.0611. The summed E-state index contributed by atoms with van der Waals surface area (Å²) in [4.78, 5) is 2.47. The number of nitrogens with one attached hydrogen (secondary N) is 1. The van der Waals surface area contributed by atoms with Crippen LogP contribution in [0.2, 0.25) is 0 Å². The van der Waals surface area contributed by atoms with Crippen LogP contribution in [0.5, 0.6) is 0 Å². The molecule has 0 saturated carbocycles. The van der Waals surface area contributed by atoms with E-state index in [0.29, 0.717) is 5.52 Å². The van der Waals surface area contributed by atoms with Gasteiger partial charge in [-0.15, -0.1) is 0 Å². The molecule has 1 heterocycles. The lowest BCUT2D eigenvalue weighted by molar-refractivity contribution is -0.137. The van der Waals surface area contributed by atoms with Crippen LogP contribution in [-0.4, -0.2) is 13.4 Å². The summed E-state index contributed by atoms with van der Waals surface area (Å²) in [6, 6.07) is 2.94. The Balaban J connectivity index is 2.73. The summed E-state index contributed by atoms with van der Waals surface area (Å²) < 4.78 is 58.7. The van der Waals surface area contributed by atoms with Gasteiger partial charge in [0.15, 0.2) is 10.7 Å². The second kappa shape index (κ2) is 3.51. The van der Waals surface area contributed by atoms with Gasteiger partial charge in [0, 0.05) is 17.1 Å². The van der Waals surface area contributed by atoms with Crippen molar-refractivity contribution in [3.05, 3.63) is 30.0 Å². The Labute approximate surface area is 89.8 Å². The lowest BCUT2D eigenvalue weighted by Crippen LogP contribution is -2.04. The normalized spacial score (nSPS) is 12.5. The largest absolute Gasteiger partial charge is 0.416 e.